The molecule has 7 nitrogen and oxygen atoms in total. The highest BCUT2D eigenvalue weighted by Gasteiger charge is 2.33. The van der Waals surface area contributed by atoms with Gasteiger partial charge in [0.1, 0.15) is 12.6 Å². The third kappa shape index (κ3) is 6.63. The van der Waals surface area contributed by atoms with Crippen LogP contribution in [0.4, 0.5) is 5.69 Å². The molecular formula is C27H29Cl2N3O4S. The van der Waals surface area contributed by atoms with Crippen molar-refractivity contribution < 1.29 is 18.0 Å². The number of benzene rings is 3. The van der Waals surface area contributed by atoms with E-state index in [1.165, 1.54) is 17.0 Å². The van der Waals surface area contributed by atoms with Crippen LogP contribution >= 0.6 is 23.2 Å². The highest BCUT2D eigenvalue weighted by molar-refractivity contribution is 7.92. The third-order valence-corrected chi connectivity index (χ3v) is 8.38. The first-order chi connectivity index (χ1) is 17.6. The maximum atomic E-state index is 13.8. The number of nitrogens with one attached hydrogen (secondary N) is 1. The minimum absolute atomic E-state index is 0.0449. The molecule has 0 saturated heterocycles. The second kappa shape index (κ2) is 12.4. The Labute approximate surface area is 228 Å². The Balaban J connectivity index is 2.07. The number of sulfonamides is 1. The van der Waals surface area contributed by atoms with Gasteiger partial charge in [0.25, 0.3) is 10.0 Å². The first kappa shape index (κ1) is 28.5. The summed E-state index contributed by atoms with van der Waals surface area (Å²) >= 11 is 12.7. The second-order valence-electron chi connectivity index (χ2n) is 8.40. The molecule has 3 aromatic carbocycles. The summed E-state index contributed by atoms with van der Waals surface area (Å²) in [4.78, 5) is 28.0. The van der Waals surface area contributed by atoms with Crippen LogP contribution in [0.5, 0.6) is 0 Å². The molecule has 196 valence electrons. The minimum atomic E-state index is -4.12. The summed E-state index contributed by atoms with van der Waals surface area (Å²) in [5.74, 6) is -0.968. The number of carbonyl (C=O) groups excluding carboxylic acids is 2. The van der Waals surface area contributed by atoms with E-state index in [9.17, 15) is 18.0 Å². The minimum Gasteiger partial charge on any atom is -0.355 e. The van der Waals surface area contributed by atoms with Crippen LogP contribution < -0.4 is 9.62 Å². The zero-order valence-corrected chi connectivity index (χ0v) is 23.1. The Morgan fingerprint density at radius 1 is 0.919 bits per heavy atom. The first-order valence-corrected chi connectivity index (χ1v) is 13.9. The number of anilines is 1. The lowest BCUT2D eigenvalue weighted by Gasteiger charge is -2.32. The van der Waals surface area contributed by atoms with Crippen molar-refractivity contribution in [3.8, 4) is 0 Å². The lowest BCUT2D eigenvalue weighted by atomic mass is 10.1. The van der Waals surface area contributed by atoms with Gasteiger partial charge < -0.3 is 10.2 Å². The van der Waals surface area contributed by atoms with E-state index in [0.29, 0.717) is 33.4 Å². The molecule has 0 aliphatic heterocycles. The second-order valence-corrected chi connectivity index (χ2v) is 11.1. The molecule has 37 heavy (non-hydrogen) atoms. The Morgan fingerprint density at radius 3 is 2.11 bits per heavy atom. The van der Waals surface area contributed by atoms with Crippen LogP contribution in [0.3, 0.4) is 0 Å². The maximum absolute atomic E-state index is 13.8. The highest BCUT2D eigenvalue weighted by Crippen LogP contribution is 2.29. The number of carbonyl (C=O) groups is 2. The zero-order valence-electron chi connectivity index (χ0n) is 20.8. The highest BCUT2D eigenvalue weighted by atomic mass is 35.5. The predicted molar refractivity (Wildman–Crippen MR) is 147 cm³/mol. The summed E-state index contributed by atoms with van der Waals surface area (Å²) in [5, 5.41) is 3.38. The molecule has 1 unspecified atom stereocenters. The molecule has 2 amide bonds. The topological polar surface area (TPSA) is 86.8 Å². The van der Waals surface area contributed by atoms with Gasteiger partial charge in [-0.3, -0.25) is 13.9 Å². The average Bonchev–Trinajstić information content (AvgIpc) is 2.88. The Morgan fingerprint density at radius 2 is 1.51 bits per heavy atom. The largest absolute Gasteiger partial charge is 0.355 e. The van der Waals surface area contributed by atoms with Crippen LogP contribution in [0.25, 0.3) is 0 Å². The smallest absolute Gasteiger partial charge is 0.264 e. The number of hydrogen-bond acceptors (Lipinski definition) is 4. The number of hydrogen-bond donors (Lipinski definition) is 1. The lowest BCUT2D eigenvalue weighted by molar-refractivity contribution is -0.139. The third-order valence-electron chi connectivity index (χ3n) is 5.90. The molecule has 0 aromatic heterocycles. The fourth-order valence-corrected chi connectivity index (χ4v) is 5.85. The molecular weight excluding hydrogens is 533 g/mol. The van der Waals surface area contributed by atoms with Gasteiger partial charge in [0.15, 0.2) is 0 Å². The van der Waals surface area contributed by atoms with E-state index in [4.69, 9.17) is 23.2 Å². The van der Waals surface area contributed by atoms with Crippen LogP contribution in [0.15, 0.2) is 77.7 Å². The molecule has 10 heteroatoms. The van der Waals surface area contributed by atoms with Crippen LogP contribution in [0.1, 0.15) is 25.0 Å². The molecule has 3 rings (SSSR count). The molecule has 3 aromatic rings. The monoisotopic (exact) mass is 561 g/mol. The molecule has 0 spiro atoms. The fraction of sp³-hybridized carbons (Fsp3) is 0.259. The van der Waals surface area contributed by atoms with Crippen molar-refractivity contribution in [3.63, 3.8) is 0 Å². The van der Waals surface area contributed by atoms with Crippen molar-refractivity contribution in [2.75, 3.05) is 17.4 Å². The number of halogens is 2. The Hall–Kier alpha value is -3.07. The summed E-state index contributed by atoms with van der Waals surface area (Å²) in [5.41, 5.74) is 1.50. The summed E-state index contributed by atoms with van der Waals surface area (Å²) in [6.07, 6.45) is 0. The first-order valence-electron chi connectivity index (χ1n) is 11.7. The summed E-state index contributed by atoms with van der Waals surface area (Å²) in [6.45, 7) is 4.88. The van der Waals surface area contributed by atoms with E-state index in [0.717, 1.165) is 4.31 Å². The summed E-state index contributed by atoms with van der Waals surface area (Å²) in [7, 11) is -4.12. The molecule has 0 aliphatic rings. The standard InChI is InChI=1S/C27H29Cl2N3O4S/c1-4-30-27(34)20(3)31(17-22-23(28)14-10-15-24(22)29)26(33)18-32(25-16-9-8-11-19(25)2)37(35,36)21-12-6-5-7-13-21/h5-16,20H,4,17-18H2,1-3H3,(H,30,34). The van der Waals surface area contributed by atoms with Crippen molar-refractivity contribution in [1.29, 1.82) is 0 Å². The van der Waals surface area contributed by atoms with Crippen LogP contribution in [0.2, 0.25) is 10.0 Å². The van der Waals surface area contributed by atoms with E-state index in [1.807, 2.05) is 0 Å². The van der Waals surface area contributed by atoms with Gasteiger partial charge in [-0.2, -0.15) is 0 Å². The predicted octanol–water partition coefficient (Wildman–Crippen LogP) is 5.05. The average molecular weight is 563 g/mol. The maximum Gasteiger partial charge on any atom is 0.264 e. The molecule has 0 bridgehead atoms. The van der Waals surface area contributed by atoms with Gasteiger partial charge in [0, 0.05) is 28.7 Å². The molecule has 0 aliphatic carbocycles. The number of aryl methyl sites for hydroxylation is 1. The van der Waals surface area contributed by atoms with Gasteiger partial charge in [0.05, 0.1) is 10.6 Å². The number of rotatable bonds is 10. The molecule has 0 saturated carbocycles. The quantitative estimate of drug-likeness (QED) is 0.375. The van der Waals surface area contributed by atoms with Gasteiger partial charge >= 0.3 is 0 Å². The molecule has 0 fully saturated rings. The molecule has 0 radical (unpaired) electrons. The van der Waals surface area contributed by atoms with Crippen molar-refractivity contribution in [2.24, 2.45) is 0 Å². The Kier molecular flexibility index (Phi) is 9.59. The van der Waals surface area contributed by atoms with Gasteiger partial charge in [-0.15, -0.1) is 0 Å². The van der Waals surface area contributed by atoms with Crippen LogP contribution in [-0.4, -0.2) is 44.3 Å². The molecule has 1 N–H and O–H groups in total. The number of para-hydroxylation sites is 1. The zero-order chi connectivity index (χ0) is 27.2. The van der Waals surface area contributed by atoms with Crippen LogP contribution in [-0.2, 0) is 26.2 Å². The van der Waals surface area contributed by atoms with Crippen LogP contribution in [0, 0.1) is 6.92 Å². The van der Waals surface area contributed by atoms with E-state index in [-0.39, 0.29) is 17.3 Å². The Bertz CT molecular complexity index is 1350. The van der Waals surface area contributed by atoms with Crippen molar-refractivity contribution in [3.05, 3.63) is 94.0 Å². The van der Waals surface area contributed by atoms with E-state index < -0.39 is 28.5 Å². The van der Waals surface area contributed by atoms with E-state index in [1.54, 1.807) is 81.4 Å². The van der Waals surface area contributed by atoms with Crippen molar-refractivity contribution in [2.45, 2.75) is 38.3 Å². The molecule has 0 heterocycles. The fourth-order valence-electron chi connectivity index (χ4n) is 3.83. The van der Waals surface area contributed by atoms with Gasteiger partial charge in [-0.25, -0.2) is 8.42 Å². The summed E-state index contributed by atoms with van der Waals surface area (Å²) < 4.78 is 28.6. The van der Waals surface area contributed by atoms with Crippen molar-refractivity contribution in [1.82, 2.24) is 10.2 Å². The number of likely N-dealkylation sites (N-methyl/N-ethyl adjacent to an activating group) is 1. The molecule has 1 atom stereocenters. The van der Waals surface area contributed by atoms with E-state index >= 15 is 0 Å². The normalized spacial score (nSPS) is 12.0. The number of nitrogens with zero attached hydrogens (tertiary/aromatic N) is 2. The van der Waals surface area contributed by atoms with E-state index in [2.05, 4.69) is 5.32 Å². The van der Waals surface area contributed by atoms with Gasteiger partial charge in [-0.05, 0) is 56.7 Å². The van der Waals surface area contributed by atoms with Crippen molar-refractivity contribution >= 4 is 50.7 Å². The van der Waals surface area contributed by atoms with Gasteiger partial charge in [0.2, 0.25) is 11.8 Å². The van der Waals surface area contributed by atoms with Gasteiger partial charge in [-0.1, -0.05) is 65.7 Å². The summed E-state index contributed by atoms with van der Waals surface area (Å²) in [6, 6.07) is 18.9. The number of amides is 2. The lowest BCUT2D eigenvalue weighted by Crippen LogP contribution is -2.51. The SMILES string of the molecule is CCNC(=O)C(C)N(Cc1c(Cl)cccc1Cl)C(=O)CN(c1ccccc1C)S(=O)(=O)c1ccccc1.